The van der Waals surface area contributed by atoms with Crippen LogP contribution in [0, 0.1) is 0 Å². The van der Waals surface area contributed by atoms with Gasteiger partial charge in [0.15, 0.2) is 0 Å². The van der Waals surface area contributed by atoms with Crippen LogP contribution in [0.1, 0.15) is 5.56 Å². The van der Waals surface area contributed by atoms with Gasteiger partial charge in [-0.2, -0.15) is 0 Å². The smallest absolute Gasteiger partial charge is 0.296 e. The van der Waals surface area contributed by atoms with Crippen LogP contribution in [0.25, 0.3) is 5.76 Å². The summed E-state index contributed by atoms with van der Waals surface area (Å²) in [4.78, 5) is 24.0. The van der Waals surface area contributed by atoms with Gasteiger partial charge in [0.25, 0.3) is 5.91 Å². The number of aliphatic hydroxyl groups excluding tert-OH is 1. The van der Waals surface area contributed by atoms with Crippen LogP contribution in [0.3, 0.4) is 0 Å². The minimum Gasteiger partial charge on any atom is -0.507 e. The quantitative estimate of drug-likeness (QED) is 0.467. The molecule has 0 aromatic heterocycles. The number of ketones is 1. The molecule has 0 aliphatic heterocycles. The molecule has 2 N–H and O–H groups in total. The Morgan fingerprint density at radius 3 is 2.52 bits per heavy atom. The van der Waals surface area contributed by atoms with Gasteiger partial charge in [0, 0.05) is 16.8 Å². The first-order valence-corrected chi connectivity index (χ1v) is 7.56. The van der Waals surface area contributed by atoms with E-state index in [2.05, 4.69) is 5.32 Å². The molecule has 0 radical (unpaired) electrons. The van der Waals surface area contributed by atoms with Gasteiger partial charge in [-0.1, -0.05) is 17.7 Å². The van der Waals surface area contributed by atoms with Crippen molar-refractivity contribution in [2.24, 2.45) is 0 Å². The number of rotatable bonds is 6. The molecule has 0 spiro atoms. The number of ether oxygens (including phenoxy) is 2. The molecule has 6 nitrogen and oxygen atoms in total. The Bertz CT molecular complexity index is 832. The van der Waals surface area contributed by atoms with Gasteiger partial charge in [-0.15, -0.1) is 0 Å². The molecule has 0 saturated carbocycles. The molecule has 2 aromatic carbocycles. The third-order valence-electron chi connectivity index (χ3n) is 3.26. The molecular weight excluding hydrogens is 346 g/mol. The minimum absolute atomic E-state index is 0.228. The Morgan fingerprint density at radius 2 is 1.88 bits per heavy atom. The second-order valence-electron chi connectivity index (χ2n) is 4.92. The molecule has 0 bridgehead atoms. The first-order valence-electron chi connectivity index (χ1n) is 7.18. The highest BCUT2D eigenvalue weighted by Crippen LogP contribution is 2.28. The Morgan fingerprint density at radius 1 is 1.12 bits per heavy atom. The lowest BCUT2D eigenvalue weighted by molar-refractivity contribution is -0.131. The zero-order chi connectivity index (χ0) is 18.4. The van der Waals surface area contributed by atoms with E-state index in [-0.39, 0.29) is 5.56 Å². The summed E-state index contributed by atoms with van der Waals surface area (Å²) in [7, 11) is 2.89. The number of halogens is 1. The number of carbonyl (C=O) groups excluding carboxylic acids is 2. The lowest BCUT2D eigenvalue weighted by Crippen LogP contribution is -2.21. The summed E-state index contributed by atoms with van der Waals surface area (Å²) in [6.45, 7) is 0. The van der Waals surface area contributed by atoms with Gasteiger partial charge >= 0.3 is 0 Å². The summed E-state index contributed by atoms with van der Waals surface area (Å²) in [5, 5.41) is 13.0. The number of anilines is 1. The van der Waals surface area contributed by atoms with Gasteiger partial charge in [0.1, 0.15) is 17.3 Å². The van der Waals surface area contributed by atoms with Crippen LogP contribution < -0.4 is 14.8 Å². The van der Waals surface area contributed by atoms with E-state index in [9.17, 15) is 14.7 Å². The molecule has 2 aromatic rings. The van der Waals surface area contributed by atoms with Crippen LogP contribution in [-0.2, 0) is 9.59 Å². The number of methoxy groups -OCH3 is 2. The number of carbonyl (C=O) groups is 2. The highest BCUT2D eigenvalue weighted by molar-refractivity contribution is 6.45. The maximum Gasteiger partial charge on any atom is 0.296 e. The predicted octanol–water partition coefficient (Wildman–Crippen LogP) is 3.46. The van der Waals surface area contributed by atoms with Crippen molar-refractivity contribution in [1.29, 1.82) is 0 Å². The van der Waals surface area contributed by atoms with Crippen molar-refractivity contribution in [3.8, 4) is 11.5 Å². The normalized spacial score (nSPS) is 10.9. The molecule has 0 heterocycles. The van der Waals surface area contributed by atoms with E-state index in [1.165, 1.54) is 26.4 Å². The van der Waals surface area contributed by atoms with Gasteiger partial charge in [-0.3, -0.25) is 9.59 Å². The third kappa shape index (κ3) is 4.74. The second-order valence-corrected chi connectivity index (χ2v) is 5.36. The molecule has 0 fully saturated rings. The predicted molar refractivity (Wildman–Crippen MR) is 95.2 cm³/mol. The van der Waals surface area contributed by atoms with Crippen LogP contribution in [0.4, 0.5) is 5.69 Å². The fourth-order valence-corrected chi connectivity index (χ4v) is 2.23. The van der Waals surface area contributed by atoms with Crippen molar-refractivity contribution in [1.82, 2.24) is 0 Å². The standard InChI is InChI=1S/C18H16ClNO5/c1-24-13-6-7-17(25-2)14(9-13)15(21)10-16(22)18(23)20-12-5-3-4-11(19)8-12/h3-10,21H,1-2H3,(H,20,23). The van der Waals surface area contributed by atoms with Crippen LogP contribution in [0.2, 0.25) is 5.02 Å². The Balaban J connectivity index is 2.21. The fraction of sp³-hybridized carbons (Fsp3) is 0.111. The van der Waals surface area contributed by atoms with Crippen molar-refractivity contribution in [3.63, 3.8) is 0 Å². The zero-order valence-electron chi connectivity index (χ0n) is 13.6. The molecule has 0 aliphatic carbocycles. The van der Waals surface area contributed by atoms with Crippen LogP contribution >= 0.6 is 11.6 Å². The van der Waals surface area contributed by atoms with E-state index in [1.54, 1.807) is 30.3 Å². The summed E-state index contributed by atoms with van der Waals surface area (Å²) >= 11 is 5.82. The van der Waals surface area contributed by atoms with E-state index < -0.39 is 17.4 Å². The summed E-state index contributed by atoms with van der Waals surface area (Å²) in [6, 6.07) is 11.1. The van der Waals surface area contributed by atoms with Gasteiger partial charge in [0.2, 0.25) is 5.78 Å². The third-order valence-corrected chi connectivity index (χ3v) is 3.49. The summed E-state index contributed by atoms with van der Waals surface area (Å²) in [5.41, 5.74) is 0.600. The van der Waals surface area contributed by atoms with E-state index in [0.717, 1.165) is 6.08 Å². The minimum atomic E-state index is -0.928. The largest absolute Gasteiger partial charge is 0.507 e. The molecule has 7 heteroatoms. The average molecular weight is 362 g/mol. The lowest BCUT2D eigenvalue weighted by atomic mass is 10.1. The topological polar surface area (TPSA) is 84.9 Å². The van der Waals surface area contributed by atoms with E-state index in [0.29, 0.717) is 22.2 Å². The molecule has 25 heavy (non-hydrogen) atoms. The van der Waals surface area contributed by atoms with Crippen LogP contribution in [-0.4, -0.2) is 31.0 Å². The molecule has 0 aliphatic rings. The average Bonchev–Trinajstić information content (AvgIpc) is 2.60. The van der Waals surface area contributed by atoms with Crippen molar-refractivity contribution >= 4 is 34.7 Å². The van der Waals surface area contributed by atoms with Crippen molar-refractivity contribution in [2.75, 3.05) is 19.5 Å². The zero-order valence-corrected chi connectivity index (χ0v) is 14.3. The molecular formula is C18H16ClNO5. The summed E-state index contributed by atoms with van der Waals surface area (Å²) < 4.78 is 10.2. The highest BCUT2D eigenvalue weighted by Gasteiger charge is 2.16. The molecule has 0 saturated heterocycles. The number of nitrogens with one attached hydrogen (secondary N) is 1. The first kappa shape index (κ1) is 18.4. The molecule has 130 valence electrons. The number of hydrogen-bond donors (Lipinski definition) is 2. The van der Waals surface area contributed by atoms with Gasteiger partial charge in [-0.25, -0.2) is 0 Å². The van der Waals surface area contributed by atoms with Gasteiger partial charge in [-0.05, 0) is 36.4 Å². The summed E-state index contributed by atoms with van der Waals surface area (Å²) in [6.07, 6.45) is 0.817. The Labute approximate surface area is 149 Å². The molecule has 0 atom stereocenters. The number of benzene rings is 2. The maximum atomic E-state index is 12.0. The Kier molecular flexibility index (Phi) is 6.03. The molecule has 2 rings (SSSR count). The van der Waals surface area contributed by atoms with Crippen molar-refractivity contribution in [3.05, 3.63) is 59.1 Å². The van der Waals surface area contributed by atoms with Crippen molar-refractivity contribution in [2.45, 2.75) is 0 Å². The Hall–Kier alpha value is -2.99. The monoisotopic (exact) mass is 361 g/mol. The van der Waals surface area contributed by atoms with E-state index in [1.807, 2.05) is 0 Å². The van der Waals surface area contributed by atoms with Gasteiger partial charge < -0.3 is 19.9 Å². The maximum absolute atomic E-state index is 12.0. The van der Waals surface area contributed by atoms with E-state index >= 15 is 0 Å². The van der Waals surface area contributed by atoms with Gasteiger partial charge in [0.05, 0.1) is 19.8 Å². The number of hydrogen-bond acceptors (Lipinski definition) is 5. The first-order chi connectivity index (χ1) is 11.9. The molecule has 1 amide bonds. The lowest BCUT2D eigenvalue weighted by Gasteiger charge is -2.09. The fourth-order valence-electron chi connectivity index (χ4n) is 2.04. The molecule has 0 unspecified atom stereocenters. The van der Waals surface area contributed by atoms with Crippen LogP contribution in [0.15, 0.2) is 48.5 Å². The van der Waals surface area contributed by atoms with Crippen molar-refractivity contribution < 1.29 is 24.2 Å². The number of amides is 1. The second kappa shape index (κ2) is 8.21. The SMILES string of the molecule is COc1ccc(OC)c(C(O)=CC(=O)C(=O)Nc2cccc(Cl)c2)c1. The van der Waals surface area contributed by atoms with E-state index in [4.69, 9.17) is 21.1 Å². The number of aliphatic hydroxyl groups is 1. The highest BCUT2D eigenvalue weighted by atomic mass is 35.5. The summed E-state index contributed by atoms with van der Waals surface area (Å²) in [5.74, 6) is -1.45. The van der Waals surface area contributed by atoms with Crippen LogP contribution in [0.5, 0.6) is 11.5 Å².